The largest absolute Gasteiger partial charge is 0.494 e. The number of benzene rings is 1. The van der Waals surface area contributed by atoms with Crippen LogP contribution in [0.3, 0.4) is 0 Å². The second-order valence-electron chi connectivity index (χ2n) is 3.04. The van der Waals surface area contributed by atoms with Crippen molar-refractivity contribution in [3.63, 3.8) is 0 Å². The van der Waals surface area contributed by atoms with Gasteiger partial charge in [-0.15, -0.1) is 0 Å². The third-order valence-corrected chi connectivity index (χ3v) is 2.03. The van der Waals surface area contributed by atoms with Crippen molar-refractivity contribution in [1.29, 1.82) is 0 Å². The zero-order chi connectivity index (χ0) is 9.26. The Morgan fingerprint density at radius 2 is 2.15 bits per heavy atom. The molecule has 0 bridgehead atoms. The van der Waals surface area contributed by atoms with Gasteiger partial charge in [0, 0.05) is 11.6 Å². The normalized spacial score (nSPS) is 10.3. The highest BCUT2D eigenvalue weighted by atomic mass is 16.5. The summed E-state index contributed by atoms with van der Waals surface area (Å²) in [6, 6.07) is 8.04. The smallest absolute Gasteiger partial charge is 0.145 e. The van der Waals surface area contributed by atoms with E-state index in [0.29, 0.717) is 0 Å². The van der Waals surface area contributed by atoms with Crippen LogP contribution in [0.5, 0.6) is 5.75 Å². The number of hydrogen-bond donors (Lipinski definition) is 0. The third kappa shape index (κ3) is 1.35. The summed E-state index contributed by atoms with van der Waals surface area (Å²) in [5.41, 5.74) is 2.09. The topological polar surface area (TPSA) is 22.1 Å². The van der Waals surface area contributed by atoms with Gasteiger partial charge in [-0.05, 0) is 24.6 Å². The number of fused-ring (bicyclic) bond motifs is 1. The molecule has 0 saturated carbocycles. The number of para-hydroxylation sites is 1. The fraction of sp³-hybridized carbons (Fsp3) is 0.182. The van der Waals surface area contributed by atoms with Crippen LogP contribution in [0.4, 0.5) is 0 Å². The Balaban J connectivity index is 2.77. The van der Waals surface area contributed by atoms with E-state index in [1.54, 1.807) is 7.11 Å². The maximum atomic E-state index is 5.20. The van der Waals surface area contributed by atoms with Gasteiger partial charge in [0.15, 0.2) is 0 Å². The summed E-state index contributed by atoms with van der Waals surface area (Å²) in [7, 11) is 1.66. The van der Waals surface area contributed by atoms with E-state index in [1.807, 2.05) is 31.3 Å². The van der Waals surface area contributed by atoms with Crippen molar-refractivity contribution < 1.29 is 4.74 Å². The molecular weight excluding hydrogens is 162 g/mol. The number of pyridine rings is 1. The molecule has 66 valence electrons. The second kappa shape index (κ2) is 3.05. The highest BCUT2D eigenvalue weighted by Crippen LogP contribution is 2.23. The Kier molecular flexibility index (Phi) is 1.89. The van der Waals surface area contributed by atoms with E-state index < -0.39 is 0 Å². The minimum atomic E-state index is 0.831. The number of ether oxygens (including phenoxy) is 1. The van der Waals surface area contributed by atoms with Gasteiger partial charge in [0.1, 0.15) is 11.3 Å². The Morgan fingerprint density at radius 1 is 1.31 bits per heavy atom. The molecule has 0 atom stereocenters. The molecule has 0 unspecified atom stereocenters. The molecule has 1 aromatic carbocycles. The number of aromatic nitrogens is 1. The van der Waals surface area contributed by atoms with Crippen molar-refractivity contribution in [3.05, 3.63) is 36.0 Å². The van der Waals surface area contributed by atoms with Crippen molar-refractivity contribution in [1.82, 2.24) is 4.98 Å². The molecule has 0 radical (unpaired) electrons. The predicted octanol–water partition coefficient (Wildman–Crippen LogP) is 2.55. The molecule has 0 aliphatic heterocycles. The first-order valence-corrected chi connectivity index (χ1v) is 4.20. The lowest BCUT2D eigenvalue weighted by atomic mass is 10.1. The number of aryl methyl sites for hydroxylation is 1. The number of nitrogens with zero attached hydrogens (tertiary/aromatic N) is 1. The highest BCUT2D eigenvalue weighted by molar-refractivity contribution is 5.84. The number of hydrogen-bond acceptors (Lipinski definition) is 2. The van der Waals surface area contributed by atoms with Gasteiger partial charge in [-0.3, -0.25) is 4.98 Å². The summed E-state index contributed by atoms with van der Waals surface area (Å²) >= 11 is 0. The molecule has 1 aromatic heterocycles. The zero-order valence-corrected chi connectivity index (χ0v) is 7.74. The summed E-state index contributed by atoms with van der Waals surface area (Å²) in [4.78, 5) is 4.33. The predicted molar refractivity (Wildman–Crippen MR) is 53.0 cm³/mol. The van der Waals surface area contributed by atoms with E-state index >= 15 is 0 Å². The Morgan fingerprint density at radius 3 is 2.92 bits per heavy atom. The average molecular weight is 173 g/mol. The first kappa shape index (κ1) is 8.05. The van der Waals surface area contributed by atoms with Crippen LogP contribution < -0.4 is 4.74 Å². The Bertz CT molecular complexity index is 437. The minimum Gasteiger partial charge on any atom is -0.494 e. The van der Waals surface area contributed by atoms with Gasteiger partial charge in [-0.2, -0.15) is 0 Å². The molecule has 2 nitrogen and oxygen atoms in total. The van der Waals surface area contributed by atoms with E-state index in [2.05, 4.69) is 11.1 Å². The van der Waals surface area contributed by atoms with Crippen LogP contribution in [0.15, 0.2) is 30.5 Å². The van der Waals surface area contributed by atoms with Crippen molar-refractivity contribution in [2.45, 2.75) is 6.92 Å². The molecule has 2 heteroatoms. The molecule has 0 fully saturated rings. The fourth-order valence-corrected chi connectivity index (χ4v) is 1.41. The lowest BCUT2D eigenvalue weighted by Crippen LogP contribution is -1.87. The standard InChI is InChI=1S/C11H11NO/c1-8-6-9-4-3-5-10(13-2)11(9)12-7-8/h3-7H,1-2H3. The van der Waals surface area contributed by atoms with E-state index in [9.17, 15) is 0 Å². The molecular formula is C11H11NO. The SMILES string of the molecule is COc1cccc2cc(C)cnc12. The maximum Gasteiger partial charge on any atom is 0.145 e. The Labute approximate surface area is 77.2 Å². The van der Waals surface area contributed by atoms with Crippen molar-refractivity contribution in [3.8, 4) is 5.75 Å². The maximum absolute atomic E-state index is 5.20. The van der Waals surface area contributed by atoms with Crippen LogP contribution in [-0.2, 0) is 0 Å². The van der Waals surface area contributed by atoms with Gasteiger partial charge >= 0.3 is 0 Å². The summed E-state index contributed by atoms with van der Waals surface area (Å²) in [5.74, 6) is 0.831. The first-order chi connectivity index (χ1) is 6.31. The first-order valence-electron chi connectivity index (χ1n) is 4.20. The lowest BCUT2D eigenvalue weighted by Gasteiger charge is -2.03. The molecule has 0 aliphatic rings. The van der Waals surface area contributed by atoms with Crippen molar-refractivity contribution in [2.75, 3.05) is 7.11 Å². The third-order valence-electron chi connectivity index (χ3n) is 2.03. The van der Waals surface area contributed by atoms with Crippen LogP contribution in [0.1, 0.15) is 5.56 Å². The van der Waals surface area contributed by atoms with Crippen LogP contribution >= 0.6 is 0 Å². The van der Waals surface area contributed by atoms with E-state index in [1.165, 1.54) is 5.56 Å². The summed E-state index contributed by atoms with van der Waals surface area (Å²) in [6.45, 7) is 2.03. The van der Waals surface area contributed by atoms with Crippen LogP contribution in [-0.4, -0.2) is 12.1 Å². The highest BCUT2D eigenvalue weighted by Gasteiger charge is 2.00. The summed E-state index contributed by atoms with van der Waals surface area (Å²) in [5, 5.41) is 1.12. The van der Waals surface area contributed by atoms with E-state index in [-0.39, 0.29) is 0 Å². The van der Waals surface area contributed by atoms with Crippen molar-refractivity contribution >= 4 is 10.9 Å². The fourth-order valence-electron chi connectivity index (χ4n) is 1.41. The minimum absolute atomic E-state index is 0.831. The van der Waals surface area contributed by atoms with E-state index in [0.717, 1.165) is 16.7 Å². The molecule has 2 aromatic rings. The molecule has 1 heterocycles. The van der Waals surface area contributed by atoms with E-state index in [4.69, 9.17) is 4.74 Å². The molecule has 0 N–H and O–H groups in total. The molecule has 2 rings (SSSR count). The van der Waals surface area contributed by atoms with Gasteiger partial charge in [0.2, 0.25) is 0 Å². The molecule has 0 amide bonds. The quantitative estimate of drug-likeness (QED) is 0.661. The van der Waals surface area contributed by atoms with Crippen LogP contribution in [0, 0.1) is 6.92 Å². The second-order valence-corrected chi connectivity index (χ2v) is 3.04. The van der Waals surface area contributed by atoms with Crippen LogP contribution in [0.2, 0.25) is 0 Å². The molecule has 13 heavy (non-hydrogen) atoms. The van der Waals surface area contributed by atoms with Gasteiger partial charge in [-0.25, -0.2) is 0 Å². The number of rotatable bonds is 1. The zero-order valence-electron chi connectivity index (χ0n) is 7.74. The van der Waals surface area contributed by atoms with Gasteiger partial charge in [0.25, 0.3) is 0 Å². The van der Waals surface area contributed by atoms with Crippen LogP contribution in [0.25, 0.3) is 10.9 Å². The monoisotopic (exact) mass is 173 g/mol. The summed E-state index contributed by atoms with van der Waals surface area (Å²) < 4.78 is 5.20. The van der Waals surface area contributed by atoms with Crippen molar-refractivity contribution in [2.24, 2.45) is 0 Å². The van der Waals surface area contributed by atoms with Gasteiger partial charge in [0.05, 0.1) is 7.11 Å². The lowest BCUT2D eigenvalue weighted by molar-refractivity contribution is 0.419. The molecule has 0 saturated heterocycles. The summed E-state index contributed by atoms with van der Waals surface area (Å²) in [6.07, 6.45) is 1.85. The molecule has 0 aliphatic carbocycles. The van der Waals surface area contributed by atoms with Gasteiger partial charge in [-0.1, -0.05) is 12.1 Å². The average Bonchev–Trinajstić information content (AvgIpc) is 2.16. The van der Waals surface area contributed by atoms with Gasteiger partial charge < -0.3 is 4.74 Å². The number of methoxy groups -OCH3 is 1. The molecule has 0 spiro atoms. The Hall–Kier alpha value is -1.57.